The highest BCUT2D eigenvalue weighted by Crippen LogP contribution is 2.29. The van der Waals surface area contributed by atoms with Gasteiger partial charge in [0, 0.05) is 50.7 Å². The van der Waals surface area contributed by atoms with Gasteiger partial charge in [0.15, 0.2) is 5.17 Å². The van der Waals surface area contributed by atoms with Gasteiger partial charge in [-0.15, -0.1) is 0 Å². The standard InChI is InChI=1S/C16H25N5S/c1-12(2)15-13(9-20(4)18-15)8-19(3)10-14-11-22-16-17-6-5-7-21(14)16/h9,11-12H,5-8,10H2,1-4H3. The Morgan fingerprint density at radius 3 is 2.95 bits per heavy atom. The Morgan fingerprint density at radius 2 is 2.18 bits per heavy atom. The van der Waals surface area contributed by atoms with Crippen LogP contribution in [-0.4, -0.2) is 51.4 Å². The van der Waals surface area contributed by atoms with E-state index >= 15 is 0 Å². The lowest BCUT2D eigenvalue weighted by Gasteiger charge is -2.28. The van der Waals surface area contributed by atoms with Crippen molar-refractivity contribution in [2.24, 2.45) is 12.0 Å². The van der Waals surface area contributed by atoms with E-state index in [0.717, 1.165) is 32.6 Å². The molecule has 120 valence electrons. The van der Waals surface area contributed by atoms with E-state index in [0.29, 0.717) is 5.92 Å². The SMILES string of the molecule is CC(C)c1nn(C)cc1CN(C)CC1=CSC2=NCCCN12. The molecule has 3 heterocycles. The van der Waals surface area contributed by atoms with Crippen LogP contribution in [0.1, 0.15) is 37.4 Å². The minimum Gasteiger partial charge on any atom is -0.323 e. The van der Waals surface area contributed by atoms with Gasteiger partial charge >= 0.3 is 0 Å². The third-order valence-corrected chi connectivity index (χ3v) is 4.97. The molecule has 0 bridgehead atoms. The summed E-state index contributed by atoms with van der Waals surface area (Å²) in [5.41, 5.74) is 3.92. The summed E-state index contributed by atoms with van der Waals surface area (Å²) in [5.74, 6) is 0.465. The summed E-state index contributed by atoms with van der Waals surface area (Å²) in [6.07, 6.45) is 3.31. The van der Waals surface area contributed by atoms with Crippen LogP contribution in [0.5, 0.6) is 0 Å². The van der Waals surface area contributed by atoms with Crippen molar-refractivity contribution >= 4 is 16.9 Å². The van der Waals surface area contributed by atoms with E-state index in [2.05, 4.69) is 52.4 Å². The third kappa shape index (κ3) is 3.22. The first-order valence-corrected chi connectivity index (χ1v) is 8.81. The van der Waals surface area contributed by atoms with Crippen LogP contribution in [0.3, 0.4) is 0 Å². The molecule has 0 aromatic carbocycles. The zero-order chi connectivity index (χ0) is 15.7. The van der Waals surface area contributed by atoms with Gasteiger partial charge in [-0.3, -0.25) is 14.6 Å². The lowest BCUT2D eigenvalue weighted by atomic mass is 10.1. The van der Waals surface area contributed by atoms with Gasteiger partial charge in [0.1, 0.15) is 0 Å². The van der Waals surface area contributed by atoms with Crippen LogP contribution in [0.2, 0.25) is 0 Å². The van der Waals surface area contributed by atoms with Crippen molar-refractivity contribution in [1.29, 1.82) is 0 Å². The average molecular weight is 319 g/mol. The van der Waals surface area contributed by atoms with E-state index in [1.807, 2.05) is 11.7 Å². The maximum Gasteiger partial charge on any atom is 0.167 e. The van der Waals surface area contributed by atoms with Crippen LogP contribution in [0.15, 0.2) is 22.3 Å². The largest absolute Gasteiger partial charge is 0.323 e. The highest BCUT2D eigenvalue weighted by atomic mass is 32.2. The number of nitrogens with zero attached hydrogens (tertiary/aromatic N) is 5. The summed E-state index contributed by atoms with van der Waals surface area (Å²) in [6.45, 7) is 8.39. The minimum absolute atomic E-state index is 0.465. The molecule has 1 aromatic heterocycles. The summed E-state index contributed by atoms with van der Waals surface area (Å²) >= 11 is 1.77. The number of aliphatic imine (C=N–C) groups is 1. The molecule has 0 atom stereocenters. The molecule has 0 fully saturated rings. The van der Waals surface area contributed by atoms with Crippen LogP contribution < -0.4 is 0 Å². The smallest absolute Gasteiger partial charge is 0.167 e. The molecule has 0 unspecified atom stereocenters. The van der Waals surface area contributed by atoms with Crippen LogP contribution in [0.4, 0.5) is 0 Å². The summed E-state index contributed by atoms with van der Waals surface area (Å²) < 4.78 is 1.93. The van der Waals surface area contributed by atoms with Crippen LogP contribution in [-0.2, 0) is 13.6 Å². The number of amidine groups is 1. The molecule has 0 saturated carbocycles. The molecule has 0 aliphatic carbocycles. The molecular formula is C16H25N5S. The van der Waals surface area contributed by atoms with Crippen molar-refractivity contribution in [3.8, 4) is 0 Å². The number of hydrogen-bond donors (Lipinski definition) is 0. The van der Waals surface area contributed by atoms with Crippen molar-refractivity contribution in [2.75, 3.05) is 26.7 Å². The van der Waals surface area contributed by atoms with Gasteiger partial charge in [-0.2, -0.15) is 5.10 Å². The molecule has 0 spiro atoms. The summed E-state index contributed by atoms with van der Waals surface area (Å²) in [6, 6.07) is 0. The quantitative estimate of drug-likeness (QED) is 0.836. The normalized spacial score (nSPS) is 18.0. The molecule has 6 heteroatoms. The van der Waals surface area contributed by atoms with Crippen molar-refractivity contribution in [2.45, 2.75) is 32.7 Å². The van der Waals surface area contributed by atoms with Gasteiger partial charge in [0.25, 0.3) is 0 Å². The average Bonchev–Trinajstić information content (AvgIpc) is 3.03. The monoisotopic (exact) mass is 319 g/mol. The molecule has 0 radical (unpaired) electrons. The highest BCUT2D eigenvalue weighted by molar-refractivity contribution is 8.16. The predicted molar refractivity (Wildman–Crippen MR) is 92.9 cm³/mol. The van der Waals surface area contributed by atoms with E-state index in [9.17, 15) is 0 Å². The first-order valence-electron chi connectivity index (χ1n) is 7.93. The van der Waals surface area contributed by atoms with E-state index in [1.54, 1.807) is 11.8 Å². The van der Waals surface area contributed by atoms with Crippen LogP contribution >= 0.6 is 11.8 Å². The summed E-state index contributed by atoms with van der Waals surface area (Å²) in [4.78, 5) is 9.34. The van der Waals surface area contributed by atoms with Crippen molar-refractivity contribution < 1.29 is 0 Å². The second kappa shape index (κ2) is 6.46. The van der Waals surface area contributed by atoms with Crippen LogP contribution in [0.25, 0.3) is 0 Å². The minimum atomic E-state index is 0.465. The predicted octanol–water partition coefficient (Wildman–Crippen LogP) is 2.63. The number of aryl methyl sites for hydroxylation is 1. The van der Waals surface area contributed by atoms with E-state index in [4.69, 9.17) is 0 Å². The molecule has 22 heavy (non-hydrogen) atoms. The van der Waals surface area contributed by atoms with Gasteiger partial charge in [-0.25, -0.2) is 0 Å². The molecule has 2 aliphatic rings. The number of hydrogen-bond acceptors (Lipinski definition) is 5. The number of thioether (sulfide) groups is 1. The Hall–Kier alpha value is -1.27. The van der Waals surface area contributed by atoms with E-state index < -0.39 is 0 Å². The zero-order valence-electron chi connectivity index (χ0n) is 13.9. The molecule has 0 amide bonds. The number of aromatic nitrogens is 2. The Labute approximate surface area is 137 Å². The Bertz CT molecular complexity index is 602. The van der Waals surface area contributed by atoms with Gasteiger partial charge in [0.2, 0.25) is 0 Å². The summed E-state index contributed by atoms with van der Waals surface area (Å²) in [7, 11) is 4.18. The summed E-state index contributed by atoms with van der Waals surface area (Å²) in [5, 5.41) is 8.04. The Balaban J connectivity index is 1.65. The highest BCUT2D eigenvalue weighted by Gasteiger charge is 2.25. The fraction of sp³-hybridized carbons (Fsp3) is 0.625. The topological polar surface area (TPSA) is 36.7 Å². The second-order valence-electron chi connectivity index (χ2n) is 6.44. The lowest BCUT2D eigenvalue weighted by Crippen LogP contribution is -2.34. The van der Waals surface area contributed by atoms with Crippen molar-refractivity contribution in [3.63, 3.8) is 0 Å². The molecule has 5 nitrogen and oxygen atoms in total. The Kier molecular flexibility index (Phi) is 4.59. The maximum atomic E-state index is 4.60. The molecule has 2 aliphatic heterocycles. The maximum absolute atomic E-state index is 4.60. The Morgan fingerprint density at radius 1 is 1.36 bits per heavy atom. The molecule has 3 rings (SSSR count). The third-order valence-electron chi connectivity index (χ3n) is 4.02. The lowest BCUT2D eigenvalue weighted by molar-refractivity contribution is 0.322. The van der Waals surface area contributed by atoms with Gasteiger partial charge in [-0.05, 0) is 24.8 Å². The number of likely N-dealkylation sites (N-methyl/N-ethyl adjacent to an activating group) is 1. The van der Waals surface area contributed by atoms with Gasteiger partial charge in [0.05, 0.1) is 5.69 Å². The first kappa shape index (κ1) is 15.6. The molecule has 0 saturated heterocycles. The number of rotatable bonds is 5. The van der Waals surface area contributed by atoms with Crippen molar-refractivity contribution in [3.05, 3.63) is 28.6 Å². The fourth-order valence-corrected chi connectivity index (χ4v) is 3.99. The molecule has 1 aromatic rings. The molecular weight excluding hydrogens is 294 g/mol. The van der Waals surface area contributed by atoms with Gasteiger partial charge < -0.3 is 4.90 Å². The number of fused-ring (bicyclic) bond motifs is 1. The van der Waals surface area contributed by atoms with E-state index in [-0.39, 0.29) is 0 Å². The van der Waals surface area contributed by atoms with Crippen LogP contribution in [0, 0.1) is 0 Å². The van der Waals surface area contributed by atoms with Crippen molar-refractivity contribution in [1.82, 2.24) is 19.6 Å². The van der Waals surface area contributed by atoms with Gasteiger partial charge in [-0.1, -0.05) is 25.6 Å². The zero-order valence-corrected chi connectivity index (χ0v) is 14.7. The first-order chi connectivity index (χ1) is 10.5. The van der Waals surface area contributed by atoms with E-state index in [1.165, 1.54) is 22.1 Å². The second-order valence-corrected chi connectivity index (χ2v) is 7.27. The fourth-order valence-electron chi connectivity index (χ4n) is 3.04. The molecule has 0 N–H and O–H groups in total.